The van der Waals surface area contributed by atoms with E-state index in [0.717, 1.165) is 0 Å². The SMILES string of the molecule is CN(CCO)CC(O)CCC(F)(F)CC(F)(F)F.OC(C(F)(F)F)(C(F)(F)F)C(O)(C(F)(F)F)C(F)(F)F. The topological polar surface area (TPSA) is 84.2 Å². The number of hydrogen-bond donors (Lipinski definition) is 4. The third kappa shape index (κ3) is 9.97. The molecule has 0 aliphatic rings. The van der Waals surface area contributed by atoms with E-state index in [2.05, 4.69) is 0 Å². The number of rotatable bonds is 9. The summed E-state index contributed by atoms with van der Waals surface area (Å²) in [5, 5.41) is 34.2. The largest absolute Gasteiger partial charge is 0.430 e. The minimum absolute atomic E-state index is 0.0304. The Kier molecular flexibility index (Phi) is 12.7. The second-order valence-electron chi connectivity index (χ2n) is 7.74. The van der Waals surface area contributed by atoms with Crippen LogP contribution in [-0.4, -0.2) is 106 Å². The Morgan fingerprint density at radius 1 is 0.632 bits per heavy atom. The van der Waals surface area contributed by atoms with Crippen molar-refractivity contribution in [3.8, 4) is 0 Å². The second kappa shape index (κ2) is 12.4. The molecule has 0 saturated carbocycles. The molecule has 38 heavy (non-hydrogen) atoms. The third-order valence-corrected chi connectivity index (χ3v) is 4.47. The van der Waals surface area contributed by atoms with Crippen molar-refractivity contribution in [2.75, 3.05) is 26.7 Å². The molecule has 0 spiro atoms. The highest BCUT2D eigenvalue weighted by Gasteiger charge is 2.93. The van der Waals surface area contributed by atoms with Crippen LogP contribution in [0.4, 0.5) is 74.6 Å². The van der Waals surface area contributed by atoms with Gasteiger partial charge in [-0.25, -0.2) is 8.78 Å². The van der Waals surface area contributed by atoms with Gasteiger partial charge in [0.1, 0.15) is 6.42 Å². The number of aliphatic hydroxyl groups is 4. The predicted molar refractivity (Wildman–Crippen MR) is 89.6 cm³/mol. The van der Waals surface area contributed by atoms with E-state index >= 15 is 0 Å². The van der Waals surface area contributed by atoms with Crippen LogP contribution in [0.15, 0.2) is 0 Å². The van der Waals surface area contributed by atoms with Crippen LogP contribution in [0.2, 0.25) is 0 Å². The summed E-state index contributed by atoms with van der Waals surface area (Å²) in [4.78, 5) is 1.51. The molecule has 0 radical (unpaired) electrons. The molecule has 0 saturated heterocycles. The Morgan fingerprint density at radius 3 is 1.18 bits per heavy atom. The summed E-state index contributed by atoms with van der Waals surface area (Å²) in [6, 6.07) is 0. The van der Waals surface area contributed by atoms with Crippen LogP contribution in [0.25, 0.3) is 0 Å². The molecule has 4 N–H and O–H groups in total. The molecule has 0 aromatic carbocycles. The monoisotopic (exact) mass is 613 g/mol. The Bertz CT molecular complexity index is 647. The lowest BCUT2D eigenvalue weighted by molar-refractivity contribution is -0.496. The first-order valence-corrected chi connectivity index (χ1v) is 9.44. The van der Waals surface area contributed by atoms with Crippen molar-refractivity contribution < 1.29 is 95.1 Å². The van der Waals surface area contributed by atoms with E-state index in [9.17, 15) is 79.7 Å². The summed E-state index contributed by atoms with van der Waals surface area (Å²) >= 11 is 0. The first-order valence-electron chi connectivity index (χ1n) is 9.44. The zero-order valence-corrected chi connectivity index (χ0v) is 18.5. The third-order valence-electron chi connectivity index (χ3n) is 4.47. The molecule has 5 nitrogen and oxygen atoms in total. The number of alkyl halides is 17. The molecule has 0 aliphatic heterocycles. The fourth-order valence-electron chi connectivity index (χ4n) is 2.61. The smallest absolute Gasteiger partial charge is 0.395 e. The second-order valence-corrected chi connectivity index (χ2v) is 7.74. The van der Waals surface area contributed by atoms with Gasteiger partial charge in [-0.3, -0.25) is 0 Å². The summed E-state index contributed by atoms with van der Waals surface area (Å²) < 4.78 is 205. The van der Waals surface area contributed by atoms with Crippen LogP contribution < -0.4 is 0 Å². The molecule has 1 unspecified atom stereocenters. The Hall–Kier alpha value is -1.39. The van der Waals surface area contributed by atoms with E-state index in [1.165, 1.54) is 4.90 Å². The maximum absolute atomic E-state index is 12.9. The average molecular weight is 613 g/mol. The molecular weight excluding hydrogens is 593 g/mol. The molecule has 0 bridgehead atoms. The van der Waals surface area contributed by atoms with Crippen molar-refractivity contribution in [2.45, 2.75) is 73.4 Å². The van der Waals surface area contributed by atoms with Gasteiger partial charge < -0.3 is 25.3 Å². The normalized spacial score (nSPS) is 15.9. The average Bonchev–Trinajstić information content (AvgIpc) is 2.60. The summed E-state index contributed by atoms with van der Waals surface area (Å²) in [7, 11) is 1.56. The zero-order chi connectivity index (χ0) is 31.4. The van der Waals surface area contributed by atoms with Crippen LogP contribution in [0.5, 0.6) is 0 Å². The molecule has 0 heterocycles. The number of aliphatic hydroxyl groups excluding tert-OH is 2. The number of hydrogen-bond acceptors (Lipinski definition) is 5. The van der Waals surface area contributed by atoms with Crippen molar-refractivity contribution in [1.82, 2.24) is 4.90 Å². The van der Waals surface area contributed by atoms with E-state index < -0.39 is 73.4 Å². The van der Waals surface area contributed by atoms with Gasteiger partial charge in [0.15, 0.2) is 0 Å². The van der Waals surface area contributed by atoms with E-state index in [4.69, 9.17) is 15.3 Å². The molecule has 0 aromatic rings. The quantitative estimate of drug-likeness (QED) is 0.291. The van der Waals surface area contributed by atoms with Crippen LogP contribution >= 0.6 is 0 Å². The summed E-state index contributed by atoms with van der Waals surface area (Å²) in [5.41, 5.74) is -15.0. The number of halogens is 17. The van der Waals surface area contributed by atoms with Gasteiger partial charge in [0.2, 0.25) is 0 Å². The highest BCUT2D eigenvalue weighted by molar-refractivity contribution is 5.16. The van der Waals surface area contributed by atoms with E-state index in [-0.39, 0.29) is 19.7 Å². The molecule has 232 valence electrons. The van der Waals surface area contributed by atoms with E-state index in [0.29, 0.717) is 0 Å². The van der Waals surface area contributed by atoms with E-state index in [1.54, 1.807) is 7.05 Å². The summed E-state index contributed by atoms with van der Waals surface area (Å²) in [6.45, 7) is 0.145. The van der Waals surface area contributed by atoms with Crippen molar-refractivity contribution >= 4 is 0 Å². The number of likely N-dealkylation sites (N-methyl/N-ethyl adjacent to an activating group) is 1. The van der Waals surface area contributed by atoms with Gasteiger partial charge in [0, 0.05) is 19.5 Å². The molecule has 22 heteroatoms. The van der Waals surface area contributed by atoms with Gasteiger partial charge >= 0.3 is 42.1 Å². The summed E-state index contributed by atoms with van der Waals surface area (Å²) in [5.74, 6) is -3.85. The van der Waals surface area contributed by atoms with Gasteiger partial charge in [-0.15, -0.1) is 0 Å². The minimum Gasteiger partial charge on any atom is -0.395 e. The lowest BCUT2D eigenvalue weighted by Crippen LogP contribution is -2.80. The minimum atomic E-state index is -7.52. The van der Waals surface area contributed by atoms with Gasteiger partial charge in [0.25, 0.3) is 5.92 Å². The van der Waals surface area contributed by atoms with Crippen LogP contribution in [0, 0.1) is 0 Å². The molecule has 0 amide bonds. The standard InChI is InChI=1S/C10H18F5NO2.C6H2F12O2/c1-16(4-5-17)6-8(18)2-3-9(11,12)7-10(13,14)15;7-3(8,9)1(19,4(10,11)12)2(20,5(13,14)15)6(16,17)18/h8,17-18H,2-7H2,1H3;19-20H. The lowest BCUT2D eigenvalue weighted by Gasteiger charge is -2.45. The molecule has 0 aromatic heterocycles. The Balaban J connectivity index is 0. The molecular formula is C16H20F17NO4. The highest BCUT2D eigenvalue weighted by Crippen LogP contribution is 2.59. The van der Waals surface area contributed by atoms with E-state index in [1.807, 2.05) is 0 Å². The lowest BCUT2D eigenvalue weighted by atomic mass is 9.79. The Morgan fingerprint density at radius 2 is 0.947 bits per heavy atom. The van der Waals surface area contributed by atoms with Crippen molar-refractivity contribution in [2.24, 2.45) is 0 Å². The van der Waals surface area contributed by atoms with Crippen molar-refractivity contribution in [3.63, 3.8) is 0 Å². The predicted octanol–water partition coefficient (Wildman–Crippen LogP) is 4.34. The fraction of sp³-hybridized carbons (Fsp3) is 1.00. The highest BCUT2D eigenvalue weighted by atomic mass is 19.4. The maximum atomic E-state index is 12.9. The first kappa shape index (κ1) is 38.8. The van der Waals surface area contributed by atoms with Gasteiger partial charge in [-0.05, 0) is 13.5 Å². The fourth-order valence-corrected chi connectivity index (χ4v) is 2.61. The van der Waals surface area contributed by atoms with Crippen LogP contribution in [-0.2, 0) is 0 Å². The van der Waals surface area contributed by atoms with Crippen LogP contribution in [0.3, 0.4) is 0 Å². The molecule has 0 aliphatic carbocycles. The van der Waals surface area contributed by atoms with Crippen molar-refractivity contribution in [3.05, 3.63) is 0 Å². The number of nitrogens with zero attached hydrogens (tertiary/aromatic N) is 1. The van der Waals surface area contributed by atoms with Crippen molar-refractivity contribution in [1.29, 1.82) is 0 Å². The molecule has 0 rings (SSSR count). The molecule has 0 fully saturated rings. The summed E-state index contributed by atoms with van der Waals surface area (Å²) in [6.07, 6.45) is -39.7. The van der Waals surface area contributed by atoms with Gasteiger partial charge in [-0.1, -0.05) is 0 Å². The zero-order valence-electron chi connectivity index (χ0n) is 18.5. The maximum Gasteiger partial charge on any atom is 0.430 e. The van der Waals surface area contributed by atoms with Crippen LogP contribution in [0.1, 0.15) is 19.3 Å². The first-order chi connectivity index (χ1) is 16.3. The van der Waals surface area contributed by atoms with Gasteiger partial charge in [-0.2, -0.15) is 65.9 Å². The molecule has 1 atom stereocenters. The van der Waals surface area contributed by atoms with Gasteiger partial charge in [0.05, 0.1) is 12.7 Å². The Labute approximate surface area is 201 Å².